The highest BCUT2D eigenvalue weighted by Gasteiger charge is 2.23. The van der Waals surface area contributed by atoms with Crippen LogP contribution in [0.5, 0.6) is 5.75 Å². The van der Waals surface area contributed by atoms with E-state index in [1.807, 2.05) is 0 Å². The lowest BCUT2D eigenvalue weighted by molar-refractivity contribution is -0.206. The molecule has 0 saturated carbocycles. The Bertz CT molecular complexity index is 784. The average Bonchev–Trinajstić information content (AvgIpc) is 2.78. The van der Waals surface area contributed by atoms with Gasteiger partial charge in [0, 0.05) is 17.0 Å². The lowest BCUT2D eigenvalue weighted by Gasteiger charge is -2.29. The number of rotatable bonds is 10. The molecule has 0 unspecified atom stereocenters. The second-order valence-corrected chi connectivity index (χ2v) is 8.16. The molecular weight excluding hydrogens is 386 g/mol. The average molecular weight is 419 g/mol. The van der Waals surface area contributed by atoms with Crippen molar-refractivity contribution in [3.05, 3.63) is 53.6 Å². The molecule has 30 heavy (non-hydrogen) atoms. The molecule has 0 radical (unpaired) electrons. The van der Waals surface area contributed by atoms with Gasteiger partial charge in [-0.25, -0.2) is 4.39 Å². The minimum absolute atomic E-state index is 0.108. The van der Waals surface area contributed by atoms with Gasteiger partial charge in [-0.1, -0.05) is 76.1 Å². The summed E-state index contributed by atoms with van der Waals surface area (Å²) in [6.45, 7) is 3.60. The number of benzene rings is 2. The summed E-state index contributed by atoms with van der Waals surface area (Å²) in [5.74, 6) is -2.54. The first-order valence-electron chi connectivity index (χ1n) is 11.1. The largest absolute Gasteiger partial charge is 0.505 e. The van der Waals surface area contributed by atoms with Crippen LogP contribution < -0.4 is 0 Å². The number of hydrogen-bond acceptors (Lipinski definition) is 3. The predicted octanol–water partition coefficient (Wildman–Crippen LogP) is 7.14. The fourth-order valence-electron chi connectivity index (χ4n) is 3.87. The van der Waals surface area contributed by atoms with Gasteiger partial charge < -0.3 is 14.6 Å². The first kappa shape index (κ1) is 22.7. The van der Waals surface area contributed by atoms with Crippen molar-refractivity contribution in [3.63, 3.8) is 0 Å². The van der Waals surface area contributed by atoms with E-state index in [1.54, 1.807) is 24.3 Å². The van der Waals surface area contributed by atoms with E-state index in [0.29, 0.717) is 24.7 Å². The molecule has 2 aromatic carbocycles. The van der Waals surface area contributed by atoms with Crippen LogP contribution in [0.2, 0.25) is 0 Å². The summed E-state index contributed by atoms with van der Waals surface area (Å²) in [4.78, 5) is 0. The van der Waals surface area contributed by atoms with Gasteiger partial charge in [-0.15, -0.1) is 0 Å². The van der Waals surface area contributed by atoms with Crippen molar-refractivity contribution >= 4 is 0 Å². The molecule has 0 aromatic heterocycles. The molecule has 3 nitrogen and oxygen atoms in total. The molecule has 1 aliphatic rings. The quantitative estimate of drug-likeness (QED) is 0.417. The van der Waals surface area contributed by atoms with Gasteiger partial charge >= 0.3 is 0 Å². The molecule has 2 aromatic rings. The van der Waals surface area contributed by atoms with Gasteiger partial charge in [-0.05, 0) is 24.1 Å². The molecule has 1 N–H and O–H groups in total. The van der Waals surface area contributed by atoms with Crippen molar-refractivity contribution in [3.8, 4) is 16.9 Å². The monoisotopic (exact) mass is 418 g/mol. The highest BCUT2D eigenvalue weighted by molar-refractivity contribution is 5.65. The molecule has 1 saturated heterocycles. The lowest BCUT2D eigenvalue weighted by atomic mass is 10.00. The Balaban J connectivity index is 1.45. The number of unbranched alkanes of at least 4 members (excludes halogenated alkanes) is 6. The molecule has 0 bridgehead atoms. The van der Waals surface area contributed by atoms with Gasteiger partial charge in [0.25, 0.3) is 0 Å². The summed E-state index contributed by atoms with van der Waals surface area (Å²) in [5.41, 5.74) is 1.49. The Labute approximate surface area is 178 Å². The zero-order valence-corrected chi connectivity index (χ0v) is 17.7. The Morgan fingerprint density at radius 2 is 1.47 bits per heavy atom. The molecular formula is C25H32F2O3. The van der Waals surface area contributed by atoms with Gasteiger partial charge in [0.1, 0.15) is 0 Å². The first-order valence-corrected chi connectivity index (χ1v) is 11.1. The van der Waals surface area contributed by atoms with Gasteiger partial charge in [-0.2, -0.15) is 4.39 Å². The van der Waals surface area contributed by atoms with Gasteiger partial charge in [0.05, 0.1) is 13.2 Å². The van der Waals surface area contributed by atoms with Crippen molar-refractivity contribution in [2.45, 2.75) is 64.6 Å². The third-order valence-electron chi connectivity index (χ3n) is 5.74. The Morgan fingerprint density at radius 1 is 0.833 bits per heavy atom. The van der Waals surface area contributed by atoms with E-state index in [-0.39, 0.29) is 5.56 Å². The van der Waals surface area contributed by atoms with E-state index < -0.39 is 23.7 Å². The summed E-state index contributed by atoms with van der Waals surface area (Å²) in [5, 5.41) is 9.27. The summed E-state index contributed by atoms with van der Waals surface area (Å²) in [7, 11) is 0. The van der Waals surface area contributed by atoms with Gasteiger partial charge in [0.2, 0.25) is 5.82 Å². The maximum Gasteiger partial charge on any atom is 0.200 e. The fourth-order valence-corrected chi connectivity index (χ4v) is 3.87. The maximum absolute atomic E-state index is 14.1. The van der Waals surface area contributed by atoms with Crippen LogP contribution in [0, 0.1) is 17.6 Å². The molecule has 0 aliphatic carbocycles. The summed E-state index contributed by atoms with van der Waals surface area (Å²) >= 11 is 0. The Morgan fingerprint density at radius 3 is 2.13 bits per heavy atom. The molecule has 0 spiro atoms. The molecule has 1 aliphatic heterocycles. The van der Waals surface area contributed by atoms with Crippen molar-refractivity contribution in [2.75, 3.05) is 13.2 Å². The third-order valence-corrected chi connectivity index (χ3v) is 5.74. The van der Waals surface area contributed by atoms with Crippen LogP contribution in [-0.4, -0.2) is 18.3 Å². The molecule has 3 rings (SSSR count). The van der Waals surface area contributed by atoms with E-state index in [2.05, 4.69) is 6.92 Å². The van der Waals surface area contributed by atoms with Crippen LogP contribution in [-0.2, 0) is 9.47 Å². The molecule has 1 heterocycles. The molecule has 1 fully saturated rings. The van der Waals surface area contributed by atoms with E-state index in [1.165, 1.54) is 51.0 Å². The second-order valence-electron chi connectivity index (χ2n) is 8.16. The normalized spacial score (nSPS) is 19.2. The summed E-state index contributed by atoms with van der Waals surface area (Å²) < 4.78 is 39.5. The van der Waals surface area contributed by atoms with Crippen LogP contribution in [0.15, 0.2) is 36.4 Å². The minimum Gasteiger partial charge on any atom is -0.505 e. The van der Waals surface area contributed by atoms with Crippen LogP contribution in [0.1, 0.15) is 70.1 Å². The van der Waals surface area contributed by atoms with Crippen molar-refractivity contribution in [1.82, 2.24) is 0 Å². The van der Waals surface area contributed by atoms with Crippen molar-refractivity contribution in [2.24, 2.45) is 5.92 Å². The zero-order valence-electron chi connectivity index (χ0n) is 17.7. The predicted molar refractivity (Wildman–Crippen MR) is 114 cm³/mol. The number of hydrogen-bond donors (Lipinski definition) is 1. The fraction of sp³-hybridized carbons (Fsp3) is 0.520. The SMILES string of the molecule is CCCCCCCCCC1COC(c2ccc(-c3ccc(O)c(F)c3F)cc2)OC1. The van der Waals surface area contributed by atoms with Crippen LogP contribution in [0.3, 0.4) is 0 Å². The van der Waals surface area contributed by atoms with Gasteiger partial charge in [0.15, 0.2) is 17.9 Å². The topological polar surface area (TPSA) is 38.7 Å². The zero-order chi connectivity index (χ0) is 21.3. The number of phenolic OH excluding ortho intramolecular Hbond substituents is 1. The second kappa shape index (κ2) is 11.4. The van der Waals surface area contributed by atoms with E-state index in [0.717, 1.165) is 18.1 Å². The van der Waals surface area contributed by atoms with E-state index in [9.17, 15) is 13.9 Å². The smallest absolute Gasteiger partial charge is 0.200 e. The minimum atomic E-state index is -1.23. The molecule has 0 atom stereocenters. The summed E-state index contributed by atoms with van der Waals surface area (Å²) in [6, 6.07) is 9.55. The highest BCUT2D eigenvalue weighted by Crippen LogP contribution is 2.32. The lowest BCUT2D eigenvalue weighted by Crippen LogP contribution is -2.27. The van der Waals surface area contributed by atoms with Crippen LogP contribution >= 0.6 is 0 Å². The van der Waals surface area contributed by atoms with E-state index >= 15 is 0 Å². The Kier molecular flexibility index (Phi) is 8.64. The molecule has 5 heteroatoms. The summed E-state index contributed by atoms with van der Waals surface area (Å²) in [6.07, 6.45) is 9.83. The highest BCUT2D eigenvalue weighted by atomic mass is 19.2. The van der Waals surface area contributed by atoms with Crippen molar-refractivity contribution in [1.29, 1.82) is 0 Å². The first-order chi connectivity index (χ1) is 14.6. The Hall–Kier alpha value is -1.98. The number of ether oxygens (including phenoxy) is 2. The third kappa shape index (κ3) is 6.02. The number of aromatic hydroxyl groups is 1. The molecule has 164 valence electrons. The standard InChI is InChI=1S/C25H32F2O3/c1-2-3-4-5-6-7-8-9-18-16-29-25(30-17-18)20-12-10-19(11-13-20)21-14-15-22(28)24(27)23(21)26/h10-15,18,25,28H,2-9,16-17H2,1H3. The van der Waals surface area contributed by atoms with Crippen molar-refractivity contribution < 1.29 is 23.4 Å². The number of halogens is 2. The number of phenols is 1. The van der Waals surface area contributed by atoms with Crippen LogP contribution in [0.4, 0.5) is 8.78 Å². The van der Waals surface area contributed by atoms with Gasteiger partial charge in [-0.3, -0.25) is 0 Å². The molecule has 0 amide bonds. The van der Waals surface area contributed by atoms with Crippen LogP contribution in [0.25, 0.3) is 11.1 Å². The maximum atomic E-state index is 14.1. The van der Waals surface area contributed by atoms with E-state index in [4.69, 9.17) is 9.47 Å².